The molecule has 0 aliphatic heterocycles. The Balaban J connectivity index is 3.14. The van der Waals surface area contributed by atoms with Crippen molar-refractivity contribution in [1.29, 1.82) is 0 Å². The number of aliphatic hydroxyl groups is 1. The normalized spacial score (nSPS) is 12.8. The highest BCUT2D eigenvalue weighted by molar-refractivity contribution is 5.73. The number of aliphatic carboxylic acids is 1. The van der Waals surface area contributed by atoms with E-state index in [0.29, 0.717) is 6.54 Å². The maximum atomic E-state index is 10.2. The lowest BCUT2D eigenvalue weighted by atomic mass is 10.3. The molecule has 1 unspecified atom stereocenters. The van der Waals surface area contributed by atoms with Crippen LogP contribution in [0.4, 0.5) is 0 Å². The number of carbonyl (C=O) groups is 1. The molecule has 0 saturated heterocycles. The number of carboxylic acids is 1. The van der Waals surface area contributed by atoms with Gasteiger partial charge in [0.05, 0.1) is 0 Å². The minimum atomic E-state index is -0.996. The van der Waals surface area contributed by atoms with Gasteiger partial charge in [0.2, 0.25) is 0 Å². The van der Waals surface area contributed by atoms with Crippen LogP contribution in [0.15, 0.2) is 0 Å². The zero-order chi connectivity index (χ0) is 9.40. The van der Waals surface area contributed by atoms with Crippen LogP contribution >= 0.6 is 0 Å². The molecular formula is C7H16N2O3. The van der Waals surface area contributed by atoms with Crippen LogP contribution in [-0.2, 0) is 4.79 Å². The highest BCUT2D eigenvalue weighted by Crippen LogP contribution is 1.83. The second-order valence-corrected chi connectivity index (χ2v) is 2.58. The number of carboxylic acid groups (broad SMARTS) is 1. The fourth-order valence-electron chi connectivity index (χ4n) is 0.707. The van der Waals surface area contributed by atoms with Crippen LogP contribution in [0.5, 0.6) is 0 Å². The van der Waals surface area contributed by atoms with Crippen molar-refractivity contribution < 1.29 is 15.0 Å². The minimum absolute atomic E-state index is 0.173. The van der Waals surface area contributed by atoms with E-state index in [1.165, 1.54) is 0 Å². The lowest BCUT2D eigenvalue weighted by Crippen LogP contribution is -2.40. The smallest absolute Gasteiger partial charge is 0.321 e. The lowest BCUT2D eigenvalue weighted by molar-refractivity contribution is -0.138. The monoisotopic (exact) mass is 176 g/mol. The molecule has 0 saturated carbocycles. The van der Waals surface area contributed by atoms with Crippen molar-refractivity contribution in [1.82, 2.24) is 5.32 Å². The molecule has 0 radical (unpaired) electrons. The summed E-state index contributed by atoms with van der Waals surface area (Å²) in [5.74, 6) is -0.996. The van der Waals surface area contributed by atoms with Gasteiger partial charge in [0.1, 0.15) is 6.04 Å². The number of aliphatic hydroxyl groups excluding tert-OH is 1. The molecule has 5 N–H and O–H groups in total. The summed E-state index contributed by atoms with van der Waals surface area (Å²) in [6, 6.07) is -0.834. The van der Waals surface area contributed by atoms with Crippen molar-refractivity contribution in [2.75, 3.05) is 19.7 Å². The topological polar surface area (TPSA) is 95.6 Å². The molecular weight excluding hydrogens is 160 g/mol. The molecule has 12 heavy (non-hydrogen) atoms. The largest absolute Gasteiger partial charge is 0.480 e. The predicted octanol–water partition coefficient (Wildman–Crippen LogP) is -1.24. The van der Waals surface area contributed by atoms with Crippen LogP contribution in [0.2, 0.25) is 0 Å². The molecule has 72 valence electrons. The summed E-state index contributed by atoms with van der Waals surface area (Å²) < 4.78 is 0. The zero-order valence-corrected chi connectivity index (χ0v) is 6.99. The summed E-state index contributed by atoms with van der Waals surface area (Å²) in [4.78, 5) is 10.2. The van der Waals surface area contributed by atoms with Gasteiger partial charge in [0.15, 0.2) is 0 Å². The van der Waals surface area contributed by atoms with Gasteiger partial charge in [-0.1, -0.05) is 0 Å². The fraction of sp³-hybridized carbons (Fsp3) is 0.857. The first-order valence-corrected chi connectivity index (χ1v) is 3.98. The molecule has 5 nitrogen and oxygen atoms in total. The molecule has 0 heterocycles. The van der Waals surface area contributed by atoms with Crippen molar-refractivity contribution in [2.24, 2.45) is 5.73 Å². The van der Waals surface area contributed by atoms with E-state index in [0.717, 1.165) is 12.8 Å². The van der Waals surface area contributed by atoms with Gasteiger partial charge < -0.3 is 21.3 Å². The Labute approximate surface area is 71.6 Å². The number of hydrogen-bond donors (Lipinski definition) is 4. The standard InChI is InChI=1S/C7H16N2O3/c8-6(7(11)12)5-9-3-1-2-4-10/h6,9-10H,1-5,8H2,(H,11,12). The van der Waals surface area contributed by atoms with Crippen molar-refractivity contribution in [2.45, 2.75) is 18.9 Å². The van der Waals surface area contributed by atoms with Crippen LogP contribution in [0.25, 0.3) is 0 Å². The average molecular weight is 176 g/mol. The summed E-state index contributed by atoms with van der Waals surface area (Å²) in [5.41, 5.74) is 5.22. The molecule has 0 spiro atoms. The third-order valence-electron chi connectivity index (χ3n) is 1.44. The molecule has 5 heteroatoms. The highest BCUT2D eigenvalue weighted by Gasteiger charge is 2.09. The number of hydrogen-bond acceptors (Lipinski definition) is 4. The third-order valence-corrected chi connectivity index (χ3v) is 1.44. The van der Waals surface area contributed by atoms with Crippen molar-refractivity contribution in [3.63, 3.8) is 0 Å². The van der Waals surface area contributed by atoms with E-state index in [-0.39, 0.29) is 13.2 Å². The fourth-order valence-corrected chi connectivity index (χ4v) is 0.707. The molecule has 0 aliphatic rings. The summed E-state index contributed by atoms with van der Waals surface area (Å²) in [5, 5.41) is 19.7. The number of nitrogens with one attached hydrogen (secondary N) is 1. The van der Waals surface area contributed by atoms with Crippen molar-refractivity contribution >= 4 is 5.97 Å². The Morgan fingerprint density at radius 1 is 1.50 bits per heavy atom. The summed E-state index contributed by atoms with van der Waals surface area (Å²) in [6.45, 7) is 1.15. The lowest BCUT2D eigenvalue weighted by Gasteiger charge is -2.07. The maximum absolute atomic E-state index is 10.2. The van der Waals surface area contributed by atoms with Crippen molar-refractivity contribution in [3.8, 4) is 0 Å². The number of unbranched alkanes of at least 4 members (excludes halogenated alkanes) is 1. The van der Waals surface area contributed by atoms with Crippen LogP contribution in [0.3, 0.4) is 0 Å². The SMILES string of the molecule is NC(CNCCCCO)C(=O)O. The molecule has 0 amide bonds. The van der Waals surface area contributed by atoms with Gasteiger partial charge in [-0.3, -0.25) is 4.79 Å². The zero-order valence-electron chi connectivity index (χ0n) is 6.99. The molecule has 0 aromatic rings. The number of nitrogens with two attached hydrogens (primary N) is 1. The van der Waals surface area contributed by atoms with Crippen LogP contribution in [-0.4, -0.2) is 41.9 Å². The summed E-state index contributed by atoms with van der Waals surface area (Å²) in [7, 11) is 0. The Bertz CT molecular complexity index is 130. The molecule has 0 aromatic carbocycles. The quantitative estimate of drug-likeness (QED) is 0.364. The van der Waals surface area contributed by atoms with Crippen LogP contribution in [0, 0.1) is 0 Å². The van der Waals surface area contributed by atoms with Gasteiger partial charge in [-0.2, -0.15) is 0 Å². The van der Waals surface area contributed by atoms with Gasteiger partial charge in [-0.15, -0.1) is 0 Å². The molecule has 0 aromatic heterocycles. The van der Waals surface area contributed by atoms with E-state index >= 15 is 0 Å². The van der Waals surface area contributed by atoms with Gasteiger partial charge in [0, 0.05) is 13.2 Å². The highest BCUT2D eigenvalue weighted by atomic mass is 16.4. The van der Waals surface area contributed by atoms with Gasteiger partial charge >= 0.3 is 5.97 Å². The second kappa shape index (κ2) is 7.02. The summed E-state index contributed by atoms with van der Waals surface area (Å²) in [6.07, 6.45) is 1.57. The van der Waals surface area contributed by atoms with E-state index in [1.807, 2.05) is 0 Å². The Morgan fingerprint density at radius 2 is 2.17 bits per heavy atom. The second-order valence-electron chi connectivity index (χ2n) is 2.58. The summed E-state index contributed by atoms with van der Waals surface area (Å²) >= 11 is 0. The van der Waals surface area contributed by atoms with Gasteiger partial charge in [-0.05, 0) is 19.4 Å². The molecule has 0 aliphatic carbocycles. The van der Waals surface area contributed by atoms with Crippen LogP contribution in [0.1, 0.15) is 12.8 Å². The number of rotatable bonds is 7. The first-order valence-electron chi connectivity index (χ1n) is 3.98. The van der Waals surface area contributed by atoms with E-state index in [2.05, 4.69) is 5.32 Å². The van der Waals surface area contributed by atoms with E-state index in [4.69, 9.17) is 15.9 Å². The first kappa shape index (κ1) is 11.4. The van der Waals surface area contributed by atoms with Gasteiger partial charge in [0.25, 0.3) is 0 Å². The van der Waals surface area contributed by atoms with Gasteiger partial charge in [-0.25, -0.2) is 0 Å². The Kier molecular flexibility index (Phi) is 6.64. The van der Waals surface area contributed by atoms with E-state index in [1.54, 1.807) is 0 Å². The predicted molar refractivity (Wildman–Crippen MR) is 44.8 cm³/mol. The van der Waals surface area contributed by atoms with E-state index < -0.39 is 12.0 Å². The van der Waals surface area contributed by atoms with E-state index in [9.17, 15) is 4.79 Å². The molecule has 0 fully saturated rings. The Morgan fingerprint density at radius 3 is 2.67 bits per heavy atom. The maximum Gasteiger partial charge on any atom is 0.321 e. The average Bonchev–Trinajstić information content (AvgIpc) is 2.03. The van der Waals surface area contributed by atoms with Crippen molar-refractivity contribution in [3.05, 3.63) is 0 Å². The van der Waals surface area contributed by atoms with Crippen LogP contribution < -0.4 is 11.1 Å². The Hall–Kier alpha value is -0.650. The minimum Gasteiger partial charge on any atom is -0.480 e. The molecule has 0 rings (SSSR count). The third kappa shape index (κ3) is 6.09. The first-order chi connectivity index (χ1) is 5.68. The molecule has 0 bridgehead atoms. The molecule has 1 atom stereocenters.